The van der Waals surface area contributed by atoms with E-state index >= 15 is 0 Å². The molecule has 34 heavy (non-hydrogen) atoms. The molecule has 0 atom stereocenters. The number of hydrogen-bond donors (Lipinski definition) is 2. The molecule has 1 heterocycles. The number of thiocarbonyl (C=S) groups is 1. The Bertz CT molecular complexity index is 1210. The first-order valence-electron chi connectivity index (χ1n) is 12.1. The molecule has 176 valence electrons. The molecule has 0 radical (unpaired) electrons. The molecule has 3 aromatic rings. The molecule has 0 spiro atoms. The molecule has 4 saturated carbocycles. The highest BCUT2D eigenvalue weighted by atomic mass is 32.1. The molecule has 0 saturated heterocycles. The lowest BCUT2D eigenvalue weighted by Gasteiger charge is -2.56. The van der Waals surface area contributed by atoms with Crippen LogP contribution in [0.15, 0.2) is 46.9 Å². The van der Waals surface area contributed by atoms with Gasteiger partial charge in [0, 0.05) is 17.7 Å². The Morgan fingerprint density at radius 3 is 2.41 bits per heavy atom. The van der Waals surface area contributed by atoms with E-state index in [1.54, 1.807) is 7.11 Å². The topological polar surface area (TPSA) is 76.4 Å². The summed E-state index contributed by atoms with van der Waals surface area (Å²) in [5, 5.41) is 6.38. The van der Waals surface area contributed by atoms with Crippen molar-refractivity contribution in [3.8, 4) is 17.2 Å². The van der Waals surface area contributed by atoms with Crippen LogP contribution < -0.4 is 15.4 Å². The zero-order valence-electron chi connectivity index (χ0n) is 19.3. The largest absolute Gasteiger partial charge is 0.497 e. The van der Waals surface area contributed by atoms with E-state index in [2.05, 4.69) is 15.6 Å². The number of benzene rings is 2. The van der Waals surface area contributed by atoms with Crippen molar-refractivity contribution in [2.75, 3.05) is 12.4 Å². The van der Waals surface area contributed by atoms with E-state index in [1.807, 2.05) is 42.5 Å². The number of nitrogens with zero attached hydrogens (tertiary/aromatic N) is 1. The molecule has 4 aliphatic rings. The SMILES string of the molecule is COc1ccc(-c2nc3cc(NC(=S)NC(=O)CC45CC6CC(CC(C6)C4)C5)ccc3o2)cc1. The maximum atomic E-state index is 12.9. The summed E-state index contributed by atoms with van der Waals surface area (Å²) < 4.78 is 11.1. The average molecular weight is 476 g/mol. The Balaban J connectivity index is 1.10. The van der Waals surface area contributed by atoms with E-state index in [-0.39, 0.29) is 11.3 Å². The first-order chi connectivity index (χ1) is 16.5. The third-order valence-electron chi connectivity index (χ3n) is 7.94. The number of fused-ring (bicyclic) bond motifs is 1. The van der Waals surface area contributed by atoms with Crippen molar-refractivity contribution >= 4 is 40.0 Å². The first-order valence-corrected chi connectivity index (χ1v) is 12.5. The van der Waals surface area contributed by atoms with Crippen LogP contribution >= 0.6 is 12.2 Å². The molecule has 4 bridgehead atoms. The van der Waals surface area contributed by atoms with Gasteiger partial charge in [0.2, 0.25) is 11.8 Å². The number of rotatable bonds is 5. The molecule has 7 heteroatoms. The number of hydrogen-bond acceptors (Lipinski definition) is 5. The Hall–Kier alpha value is -2.93. The van der Waals surface area contributed by atoms with Gasteiger partial charge in [-0.2, -0.15) is 0 Å². The second-order valence-corrected chi connectivity index (χ2v) is 10.9. The predicted octanol–water partition coefficient (Wildman–Crippen LogP) is 5.92. The number of carbonyl (C=O) groups is 1. The third kappa shape index (κ3) is 4.17. The van der Waals surface area contributed by atoms with Gasteiger partial charge in [-0.3, -0.25) is 4.79 Å². The summed E-state index contributed by atoms with van der Waals surface area (Å²) >= 11 is 5.45. The maximum absolute atomic E-state index is 12.9. The van der Waals surface area contributed by atoms with Crippen LogP contribution in [0.25, 0.3) is 22.6 Å². The molecular weight excluding hydrogens is 446 g/mol. The van der Waals surface area contributed by atoms with Crippen LogP contribution in [0.5, 0.6) is 5.75 Å². The molecule has 1 amide bonds. The summed E-state index contributed by atoms with van der Waals surface area (Å²) in [5.74, 6) is 3.86. The summed E-state index contributed by atoms with van der Waals surface area (Å²) in [6, 6.07) is 13.2. The van der Waals surface area contributed by atoms with Crippen molar-refractivity contribution in [2.45, 2.75) is 44.9 Å². The van der Waals surface area contributed by atoms with Crippen LogP contribution in [0.1, 0.15) is 44.9 Å². The van der Waals surface area contributed by atoms with Crippen molar-refractivity contribution < 1.29 is 13.9 Å². The number of carbonyl (C=O) groups excluding carboxylic acids is 1. The highest BCUT2D eigenvalue weighted by Crippen LogP contribution is 2.61. The van der Waals surface area contributed by atoms with Crippen LogP contribution in [0.3, 0.4) is 0 Å². The lowest BCUT2D eigenvalue weighted by Crippen LogP contribution is -2.48. The Kier molecular flexibility index (Phi) is 5.32. The van der Waals surface area contributed by atoms with E-state index in [0.717, 1.165) is 40.3 Å². The van der Waals surface area contributed by atoms with E-state index < -0.39 is 0 Å². The molecule has 6 nitrogen and oxygen atoms in total. The highest BCUT2D eigenvalue weighted by molar-refractivity contribution is 7.80. The fraction of sp³-hybridized carbons (Fsp3) is 0.444. The van der Waals surface area contributed by atoms with Gasteiger partial charge in [0.1, 0.15) is 11.3 Å². The van der Waals surface area contributed by atoms with Gasteiger partial charge in [0.05, 0.1) is 7.11 Å². The van der Waals surface area contributed by atoms with Crippen molar-refractivity contribution in [3.05, 3.63) is 42.5 Å². The van der Waals surface area contributed by atoms with E-state index in [1.165, 1.54) is 38.5 Å². The van der Waals surface area contributed by atoms with Gasteiger partial charge in [-0.25, -0.2) is 4.98 Å². The molecule has 4 aliphatic carbocycles. The van der Waals surface area contributed by atoms with Gasteiger partial charge in [-0.1, -0.05) is 0 Å². The zero-order valence-corrected chi connectivity index (χ0v) is 20.1. The molecule has 0 unspecified atom stereocenters. The lowest BCUT2D eigenvalue weighted by molar-refractivity contribution is -0.127. The van der Waals surface area contributed by atoms with Crippen LogP contribution in [0.2, 0.25) is 0 Å². The van der Waals surface area contributed by atoms with Crippen molar-refractivity contribution in [3.63, 3.8) is 0 Å². The molecule has 1 aromatic heterocycles. The summed E-state index contributed by atoms with van der Waals surface area (Å²) in [7, 11) is 1.64. The second-order valence-electron chi connectivity index (χ2n) is 10.5. The fourth-order valence-corrected chi connectivity index (χ4v) is 7.27. The highest BCUT2D eigenvalue weighted by Gasteiger charge is 2.51. The van der Waals surface area contributed by atoms with Gasteiger partial charge < -0.3 is 19.8 Å². The Morgan fingerprint density at radius 2 is 1.76 bits per heavy atom. The summed E-state index contributed by atoms with van der Waals surface area (Å²) in [6.45, 7) is 0. The quantitative estimate of drug-likeness (QED) is 0.446. The molecule has 2 N–H and O–H groups in total. The smallest absolute Gasteiger partial charge is 0.227 e. The maximum Gasteiger partial charge on any atom is 0.227 e. The predicted molar refractivity (Wildman–Crippen MR) is 136 cm³/mol. The minimum absolute atomic E-state index is 0.0313. The van der Waals surface area contributed by atoms with Gasteiger partial charge in [0.15, 0.2) is 10.7 Å². The van der Waals surface area contributed by atoms with Crippen molar-refractivity contribution in [2.24, 2.45) is 23.2 Å². The number of oxazole rings is 1. The van der Waals surface area contributed by atoms with Crippen LogP contribution in [0.4, 0.5) is 5.69 Å². The summed E-state index contributed by atoms with van der Waals surface area (Å²) in [5.41, 5.74) is 3.25. The monoisotopic (exact) mass is 475 g/mol. The van der Waals surface area contributed by atoms with Crippen LogP contribution in [-0.4, -0.2) is 23.1 Å². The number of aromatic nitrogens is 1. The van der Waals surface area contributed by atoms with E-state index in [9.17, 15) is 4.79 Å². The minimum Gasteiger partial charge on any atom is -0.497 e. The number of nitrogens with one attached hydrogen (secondary N) is 2. The van der Waals surface area contributed by atoms with Crippen molar-refractivity contribution in [1.82, 2.24) is 10.3 Å². The zero-order chi connectivity index (χ0) is 23.3. The van der Waals surface area contributed by atoms with Crippen LogP contribution in [0, 0.1) is 23.2 Å². The summed E-state index contributed by atoms with van der Waals surface area (Å²) in [6.07, 6.45) is 8.37. The number of anilines is 1. The van der Waals surface area contributed by atoms with Crippen LogP contribution in [-0.2, 0) is 4.79 Å². The Labute approximate surface area is 204 Å². The first kappa shape index (κ1) is 21.6. The second kappa shape index (κ2) is 8.38. The standard InChI is InChI=1S/C27H29N3O3S/c1-32-21-5-2-19(3-6-21)25-29-22-11-20(4-7-23(22)33-25)28-26(34)30-24(31)15-27-12-16-8-17(13-27)10-18(9-16)14-27/h2-7,11,16-18H,8-10,12-15H2,1H3,(H2,28,30,31,34). The van der Waals surface area contributed by atoms with E-state index in [4.69, 9.17) is 21.4 Å². The normalized spacial score (nSPS) is 27.0. The van der Waals surface area contributed by atoms with Gasteiger partial charge in [0.25, 0.3) is 0 Å². The number of ether oxygens (including phenoxy) is 1. The molecule has 2 aromatic carbocycles. The van der Waals surface area contributed by atoms with E-state index in [0.29, 0.717) is 23.0 Å². The molecule has 0 aliphatic heterocycles. The number of methoxy groups -OCH3 is 1. The Morgan fingerprint density at radius 1 is 1.09 bits per heavy atom. The van der Waals surface area contributed by atoms with Crippen molar-refractivity contribution in [1.29, 1.82) is 0 Å². The van der Waals surface area contributed by atoms with Gasteiger partial charge in [-0.15, -0.1) is 0 Å². The molecular formula is C27H29N3O3S. The average Bonchev–Trinajstić information content (AvgIpc) is 3.21. The fourth-order valence-electron chi connectivity index (χ4n) is 7.04. The molecule has 4 fully saturated rings. The summed E-state index contributed by atoms with van der Waals surface area (Å²) in [4.78, 5) is 17.5. The van der Waals surface area contributed by atoms with Gasteiger partial charge >= 0.3 is 0 Å². The number of amides is 1. The minimum atomic E-state index is 0.0313. The lowest BCUT2D eigenvalue weighted by atomic mass is 9.49. The third-order valence-corrected chi connectivity index (χ3v) is 8.14. The van der Waals surface area contributed by atoms with Gasteiger partial charge in [-0.05, 0) is 116 Å². The molecule has 7 rings (SSSR count).